The number of unbranched alkanes of at least 4 members (excludes halogenated alkanes) is 7. The van der Waals surface area contributed by atoms with Crippen LogP contribution in [0.3, 0.4) is 0 Å². The lowest BCUT2D eigenvalue weighted by Crippen LogP contribution is -2.07. The molecule has 0 fully saturated rings. The van der Waals surface area contributed by atoms with Gasteiger partial charge in [-0.3, -0.25) is 0 Å². The smallest absolute Gasteiger partial charge is 0.338 e. The lowest BCUT2D eigenvalue weighted by molar-refractivity contribution is 0.0497. The van der Waals surface area contributed by atoms with Gasteiger partial charge >= 0.3 is 5.97 Å². The quantitative estimate of drug-likeness (QED) is 0.172. The third-order valence-corrected chi connectivity index (χ3v) is 5.84. The highest BCUT2D eigenvalue weighted by molar-refractivity contribution is 5.93. The van der Waals surface area contributed by atoms with Crippen LogP contribution in [0, 0.1) is 0 Å². The number of nitrogens with two attached hydrogens (primary N) is 2. The lowest BCUT2D eigenvalue weighted by Gasteiger charge is -2.12. The number of nitrogen functional groups attached to an aromatic ring is 2. The summed E-state index contributed by atoms with van der Waals surface area (Å²) >= 11 is 0. The fourth-order valence-electron chi connectivity index (χ4n) is 4.00. The summed E-state index contributed by atoms with van der Waals surface area (Å²) in [4.78, 5) is 12.9. The summed E-state index contributed by atoms with van der Waals surface area (Å²) in [5, 5.41) is 0. The predicted molar refractivity (Wildman–Crippen MR) is 139 cm³/mol. The molecule has 0 saturated heterocycles. The molecule has 0 aliphatic carbocycles. The summed E-state index contributed by atoms with van der Waals surface area (Å²) in [5.41, 5.74) is 17.6. The van der Waals surface area contributed by atoms with E-state index in [9.17, 15) is 4.79 Å². The van der Waals surface area contributed by atoms with E-state index >= 15 is 0 Å². The summed E-state index contributed by atoms with van der Waals surface area (Å²) in [6, 6.07) is 21.1. The Balaban J connectivity index is 1.69. The van der Waals surface area contributed by atoms with Crippen molar-refractivity contribution < 1.29 is 9.53 Å². The van der Waals surface area contributed by atoms with Crippen molar-refractivity contribution >= 4 is 17.3 Å². The number of carbonyl (C=O) groups is 1. The molecule has 0 aromatic heterocycles. The number of rotatable bonds is 12. The van der Waals surface area contributed by atoms with Gasteiger partial charge in [-0.1, -0.05) is 76.1 Å². The van der Waals surface area contributed by atoms with Gasteiger partial charge in [0.2, 0.25) is 0 Å². The summed E-state index contributed by atoms with van der Waals surface area (Å²) in [5.74, 6) is -0.297. The first-order chi connectivity index (χ1) is 16.1. The normalized spacial score (nSPS) is 10.8. The third kappa shape index (κ3) is 7.67. The van der Waals surface area contributed by atoms with Gasteiger partial charge in [0.1, 0.15) is 0 Å². The van der Waals surface area contributed by atoms with Gasteiger partial charge in [-0.25, -0.2) is 4.79 Å². The largest absolute Gasteiger partial charge is 0.462 e. The molecule has 0 spiro atoms. The Kier molecular flexibility index (Phi) is 9.37. The maximum atomic E-state index is 12.9. The zero-order chi connectivity index (χ0) is 23.5. The van der Waals surface area contributed by atoms with Gasteiger partial charge in [0.05, 0.1) is 12.2 Å². The van der Waals surface area contributed by atoms with Crippen LogP contribution in [0.4, 0.5) is 11.4 Å². The van der Waals surface area contributed by atoms with E-state index < -0.39 is 0 Å². The van der Waals surface area contributed by atoms with E-state index in [1.54, 1.807) is 0 Å². The lowest BCUT2D eigenvalue weighted by atomic mass is 9.95. The molecule has 3 rings (SSSR count). The molecule has 0 saturated carbocycles. The molecule has 0 aliphatic rings. The van der Waals surface area contributed by atoms with E-state index in [4.69, 9.17) is 16.2 Å². The zero-order valence-electron chi connectivity index (χ0n) is 19.7. The molecule has 174 valence electrons. The monoisotopic (exact) mass is 444 g/mol. The molecule has 3 aromatic carbocycles. The summed E-state index contributed by atoms with van der Waals surface area (Å²) in [6.07, 6.45) is 9.68. The van der Waals surface area contributed by atoms with Gasteiger partial charge in [-0.15, -0.1) is 0 Å². The van der Waals surface area contributed by atoms with E-state index in [-0.39, 0.29) is 5.97 Å². The summed E-state index contributed by atoms with van der Waals surface area (Å²) in [7, 11) is 0. The van der Waals surface area contributed by atoms with Gasteiger partial charge in [0, 0.05) is 11.4 Å². The summed E-state index contributed by atoms with van der Waals surface area (Å²) in [6.45, 7) is 2.68. The van der Waals surface area contributed by atoms with Gasteiger partial charge in [0.15, 0.2) is 0 Å². The number of benzene rings is 3. The van der Waals surface area contributed by atoms with E-state index in [0.717, 1.165) is 35.1 Å². The maximum Gasteiger partial charge on any atom is 0.338 e. The minimum atomic E-state index is -0.297. The number of ether oxygens (including phenoxy) is 1. The molecule has 3 aromatic rings. The molecular formula is C29H36N2O2. The number of esters is 1. The predicted octanol–water partition coefficient (Wildman–Crippen LogP) is 7.48. The van der Waals surface area contributed by atoms with Gasteiger partial charge in [-0.05, 0) is 71.1 Å². The standard InChI is InChI=1S/C29H36N2O2/c1-2-3-4-5-6-7-8-9-16-33-29(32)26-18-24(22-12-10-14-27(30)20-22)17-25(19-26)23-13-11-15-28(31)21-23/h10-15,17-21H,2-9,16,30-31H2,1H3. The highest BCUT2D eigenvalue weighted by Crippen LogP contribution is 2.30. The molecule has 4 nitrogen and oxygen atoms in total. The SMILES string of the molecule is CCCCCCCCCCOC(=O)c1cc(-c2cccc(N)c2)cc(-c2cccc(N)c2)c1. The molecule has 0 atom stereocenters. The first-order valence-corrected chi connectivity index (χ1v) is 12.1. The summed E-state index contributed by atoms with van der Waals surface area (Å²) < 4.78 is 5.61. The molecule has 0 bridgehead atoms. The molecule has 4 heteroatoms. The Hall–Kier alpha value is -3.27. The fraction of sp³-hybridized carbons (Fsp3) is 0.345. The van der Waals surface area contributed by atoms with Crippen LogP contribution in [0.2, 0.25) is 0 Å². The Morgan fingerprint density at radius 3 is 1.70 bits per heavy atom. The van der Waals surface area contributed by atoms with Crippen LogP contribution >= 0.6 is 0 Å². The number of hydrogen-bond acceptors (Lipinski definition) is 4. The maximum absolute atomic E-state index is 12.9. The van der Waals surface area contributed by atoms with Gasteiger partial charge < -0.3 is 16.2 Å². The molecule has 0 aliphatic heterocycles. The van der Waals surface area contributed by atoms with E-state index in [2.05, 4.69) is 13.0 Å². The minimum Gasteiger partial charge on any atom is -0.462 e. The van der Waals surface area contributed by atoms with Crippen LogP contribution in [-0.2, 0) is 4.74 Å². The van der Waals surface area contributed by atoms with Crippen molar-refractivity contribution in [3.63, 3.8) is 0 Å². The van der Waals surface area contributed by atoms with Crippen LogP contribution < -0.4 is 11.5 Å². The highest BCUT2D eigenvalue weighted by atomic mass is 16.5. The second-order valence-corrected chi connectivity index (χ2v) is 8.66. The van der Waals surface area contributed by atoms with Gasteiger partial charge in [0.25, 0.3) is 0 Å². The van der Waals surface area contributed by atoms with Crippen LogP contribution in [0.25, 0.3) is 22.3 Å². The second kappa shape index (κ2) is 12.7. The van der Waals surface area contributed by atoms with Crippen molar-refractivity contribution in [2.24, 2.45) is 0 Å². The average molecular weight is 445 g/mol. The molecular weight excluding hydrogens is 408 g/mol. The highest BCUT2D eigenvalue weighted by Gasteiger charge is 2.13. The van der Waals surface area contributed by atoms with Crippen molar-refractivity contribution in [3.8, 4) is 22.3 Å². The second-order valence-electron chi connectivity index (χ2n) is 8.66. The number of anilines is 2. The number of carbonyl (C=O) groups excluding carboxylic acids is 1. The van der Waals surface area contributed by atoms with Crippen LogP contribution in [0.5, 0.6) is 0 Å². The molecule has 33 heavy (non-hydrogen) atoms. The minimum absolute atomic E-state index is 0.297. The first-order valence-electron chi connectivity index (χ1n) is 12.1. The molecule has 0 heterocycles. The average Bonchev–Trinajstić information content (AvgIpc) is 2.82. The van der Waals surface area contributed by atoms with Crippen LogP contribution in [0.1, 0.15) is 68.6 Å². The van der Waals surface area contributed by atoms with Crippen molar-refractivity contribution in [1.82, 2.24) is 0 Å². The molecule has 0 unspecified atom stereocenters. The van der Waals surface area contributed by atoms with Crippen molar-refractivity contribution in [2.45, 2.75) is 58.3 Å². The molecule has 0 amide bonds. The van der Waals surface area contributed by atoms with Crippen molar-refractivity contribution in [1.29, 1.82) is 0 Å². The van der Waals surface area contributed by atoms with E-state index in [0.29, 0.717) is 23.5 Å². The molecule has 0 radical (unpaired) electrons. The Labute approximate surface area is 198 Å². The van der Waals surface area contributed by atoms with Crippen LogP contribution in [-0.4, -0.2) is 12.6 Å². The fourth-order valence-corrected chi connectivity index (χ4v) is 4.00. The van der Waals surface area contributed by atoms with Crippen molar-refractivity contribution in [3.05, 3.63) is 72.3 Å². The molecule has 4 N–H and O–H groups in total. The first kappa shape index (κ1) is 24.4. The zero-order valence-corrected chi connectivity index (χ0v) is 19.7. The van der Waals surface area contributed by atoms with Gasteiger partial charge in [-0.2, -0.15) is 0 Å². The van der Waals surface area contributed by atoms with E-state index in [1.165, 1.54) is 38.5 Å². The van der Waals surface area contributed by atoms with Crippen LogP contribution in [0.15, 0.2) is 66.7 Å². The Bertz CT molecular complexity index is 982. The Morgan fingerprint density at radius 1 is 0.667 bits per heavy atom. The Morgan fingerprint density at radius 2 is 1.18 bits per heavy atom. The third-order valence-electron chi connectivity index (χ3n) is 5.84. The van der Waals surface area contributed by atoms with Crippen molar-refractivity contribution in [2.75, 3.05) is 18.1 Å². The topological polar surface area (TPSA) is 78.3 Å². The van der Waals surface area contributed by atoms with E-state index in [1.807, 2.05) is 60.7 Å². The number of hydrogen-bond donors (Lipinski definition) is 2.